The number of aryl methyl sites for hydroxylation is 1. The molecule has 0 aliphatic heterocycles. The summed E-state index contributed by atoms with van der Waals surface area (Å²) in [6, 6.07) is 10.4. The van der Waals surface area contributed by atoms with Gasteiger partial charge in [0.2, 0.25) is 5.91 Å². The molecule has 2 aromatic heterocycles. The van der Waals surface area contributed by atoms with Crippen molar-refractivity contribution >= 4 is 23.6 Å². The largest absolute Gasteiger partial charge is 0.469 e. The molecule has 0 unspecified atom stereocenters. The molecule has 0 fully saturated rings. The lowest BCUT2D eigenvalue weighted by Crippen LogP contribution is -2.42. The Kier molecular flexibility index (Phi) is 6.28. The molecule has 0 aliphatic rings. The molecule has 0 bridgehead atoms. The zero-order valence-corrected chi connectivity index (χ0v) is 16.0. The molecule has 2 N–H and O–H groups in total. The fourth-order valence-electron chi connectivity index (χ4n) is 2.46. The van der Waals surface area contributed by atoms with Crippen molar-refractivity contribution < 1.29 is 14.0 Å². The van der Waals surface area contributed by atoms with Crippen LogP contribution in [0.3, 0.4) is 0 Å². The Balaban J connectivity index is 1.60. The molecular weight excluding hydrogens is 378 g/mol. The summed E-state index contributed by atoms with van der Waals surface area (Å²) in [7, 11) is 0. The molecule has 3 aromatic rings. The molecule has 0 spiro atoms. The first-order chi connectivity index (χ1) is 13.6. The van der Waals surface area contributed by atoms with Gasteiger partial charge in [0.05, 0.1) is 17.6 Å². The second-order valence-corrected chi connectivity index (χ2v) is 6.70. The maximum atomic E-state index is 12.1. The standard InChI is InChI=1S/C19H19N5O3S/c1-3-10-24-17(15-9-11-27-13(15)2)21-23-19(24)28-12-16(25)20-22-18(26)14-7-5-4-6-8-14/h3-9,11H,1,10,12H2,2H3,(H,20,25)(H,22,26). The summed E-state index contributed by atoms with van der Waals surface area (Å²) in [6.07, 6.45) is 3.32. The van der Waals surface area contributed by atoms with E-state index in [4.69, 9.17) is 4.42 Å². The van der Waals surface area contributed by atoms with E-state index in [0.29, 0.717) is 23.1 Å². The normalized spacial score (nSPS) is 10.5. The van der Waals surface area contributed by atoms with Gasteiger partial charge in [-0.2, -0.15) is 0 Å². The molecule has 0 aliphatic carbocycles. The smallest absolute Gasteiger partial charge is 0.269 e. The second-order valence-electron chi connectivity index (χ2n) is 5.75. The van der Waals surface area contributed by atoms with Crippen molar-refractivity contribution in [1.82, 2.24) is 25.6 Å². The number of rotatable bonds is 7. The Morgan fingerprint density at radius 2 is 2.00 bits per heavy atom. The van der Waals surface area contributed by atoms with Gasteiger partial charge in [-0.25, -0.2) is 0 Å². The van der Waals surface area contributed by atoms with Gasteiger partial charge in [-0.15, -0.1) is 16.8 Å². The highest BCUT2D eigenvalue weighted by molar-refractivity contribution is 7.99. The van der Waals surface area contributed by atoms with E-state index < -0.39 is 0 Å². The van der Waals surface area contributed by atoms with E-state index in [2.05, 4.69) is 27.6 Å². The number of nitrogens with zero attached hydrogens (tertiary/aromatic N) is 3. The minimum atomic E-state index is -0.383. The van der Waals surface area contributed by atoms with Crippen LogP contribution in [0.2, 0.25) is 0 Å². The molecule has 2 amide bonds. The third kappa shape index (κ3) is 4.49. The van der Waals surface area contributed by atoms with Gasteiger partial charge in [0.25, 0.3) is 5.91 Å². The van der Waals surface area contributed by atoms with Crippen molar-refractivity contribution in [3.63, 3.8) is 0 Å². The van der Waals surface area contributed by atoms with Crippen molar-refractivity contribution in [2.24, 2.45) is 0 Å². The molecule has 0 radical (unpaired) electrons. The number of carbonyl (C=O) groups is 2. The van der Waals surface area contributed by atoms with Gasteiger partial charge in [0, 0.05) is 12.1 Å². The molecular formula is C19H19N5O3S. The number of benzene rings is 1. The fourth-order valence-corrected chi connectivity index (χ4v) is 3.21. The summed E-state index contributed by atoms with van der Waals surface area (Å²) < 4.78 is 7.18. The van der Waals surface area contributed by atoms with Gasteiger partial charge in [-0.3, -0.25) is 25.0 Å². The maximum Gasteiger partial charge on any atom is 0.269 e. The van der Waals surface area contributed by atoms with Gasteiger partial charge in [-0.05, 0) is 25.1 Å². The van der Waals surface area contributed by atoms with Crippen molar-refractivity contribution in [3.05, 3.63) is 66.6 Å². The van der Waals surface area contributed by atoms with Gasteiger partial charge in [0.1, 0.15) is 5.76 Å². The van der Waals surface area contributed by atoms with Gasteiger partial charge in [0.15, 0.2) is 11.0 Å². The van der Waals surface area contributed by atoms with E-state index in [1.165, 1.54) is 11.8 Å². The number of carbonyl (C=O) groups excluding carboxylic acids is 2. The number of thioether (sulfide) groups is 1. The topological polar surface area (TPSA) is 102 Å². The van der Waals surface area contributed by atoms with Crippen LogP contribution in [0.25, 0.3) is 11.4 Å². The van der Waals surface area contributed by atoms with Gasteiger partial charge < -0.3 is 4.42 Å². The molecule has 1 aromatic carbocycles. The Morgan fingerprint density at radius 3 is 2.68 bits per heavy atom. The molecule has 0 atom stereocenters. The van der Waals surface area contributed by atoms with E-state index in [-0.39, 0.29) is 17.6 Å². The monoisotopic (exact) mass is 397 g/mol. The van der Waals surface area contributed by atoms with Crippen LogP contribution in [0.1, 0.15) is 16.1 Å². The third-order valence-electron chi connectivity index (χ3n) is 3.81. The number of amides is 2. The average Bonchev–Trinajstić information content (AvgIpc) is 3.31. The third-order valence-corrected chi connectivity index (χ3v) is 4.78. The maximum absolute atomic E-state index is 12.1. The molecule has 0 saturated carbocycles. The summed E-state index contributed by atoms with van der Waals surface area (Å²) in [5, 5.41) is 8.95. The number of hydrogen-bond donors (Lipinski definition) is 2. The molecule has 0 saturated heterocycles. The van der Waals surface area contributed by atoms with Gasteiger partial charge >= 0.3 is 0 Å². The Morgan fingerprint density at radius 1 is 1.21 bits per heavy atom. The molecule has 28 heavy (non-hydrogen) atoms. The fraction of sp³-hybridized carbons (Fsp3) is 0.158. The molecule has 3 rings (SSSR count). The van der Waals surface area contributed by atoms with Crippen LogP contribution in [0.5, 0.6) is 0 Å². The van der Waals surface area contributed by atoms with Crippen molar-refractivity contribution in [1.29, 1.82) is 0 Å². The van der Waals surface area contributed by atoms with Crippen LogP contribution in [0.15, 0.2) is 64.9 Å². The van der Waals surface area contributed by atoms with Crippen LogP contribution >= 0.6 is 11.8 Å². The predicted molar refractivity (Wildman–Crippen MR) is 105 cm³/mol. The molecule has 2 heterocycles. The number of aromatic nitrogens is 3. The van der Waals surface area contributed by atoms with Crippen molar-refractivity contribution in [2.75, 3.05) is 5.75 Å². The Labute approximate surface area is 166 Å². The molecule has 8 nitrogen and oxygen atoms in total. The minimum Gasteiger partial charge on any atom is -0.469 e. The molecule has 9 heteroatoms. The Hall–Kier alpha value is -3.33. The Bertz CT molecular complexity index is 981. The number of allylic oxidation sites excluding steroid dienone is 1. The zero-order valence-electron chi connectivity index (χ0n) is 15.2. The summed E-state index contributed by atoms with van der Waals surface area (Å²) in [5.74, 6) is 0.700. The van der Waals surface area contributed by atoms with Gasteiger partial charge in [-0.1, -0.05) is 36.0 Å². The number of hydrazine groups is 1. The lowest BCUT2D eigenvalue weighted by Gasteiger charge is -2.08. The number of furan rings is 1. The van der Waals surface area contributed by atoms with E-state index >= 15 is 0 Å². The zero-order chi connectivity index (χ0) is 19.9. The number of hydrogen-bond acceptors (Lipinski definition) is 6. The van der Waals surface area contributed by atoms with Crippen LogP contribution in [0.4, 0.5) is 0 Å². The van der Waals surface area contributed by atoms with Crippen LogP contribution in [0, 0.1) is 6.92 Å². The average molecular weight is 397 g/mol. The summed E-state index contributed by atoms with van der Waals surface area (Å²) >= 11 is 1.21. The first-order valence-electron chi connectivity index (χ1n) is 8.45. The minimum absolute atomic E-state index is 0.0642. The number of nitrogens with one attached hydrogen (secondary N) is 2. The first-order valence-corrected chi connectivity index (χ1v) is 9.44. The van der Waals surface area contributed by atoms with Crippen LogP contribution in [-0.2, 0) is 11.3 Å². The highest BCUT2D eigenvalue weighted by Crippen LogP contribution is 2.26. The van der Waals surface area contributed by atoms with E-state index in [1.807, 2.05) is 23.6 Å². The van der Waals surface area contributed by atoms with Crippen molar-refractivity contribution in [3.8, 4) is 11.4 Å². The van der Waals surface area contributed by atoms with E-state index in [9.17, 15) is 9.59 Å². The lowest BCUT2D eigenvalue weighted by atomic mass is 10.2. The lowest BCUT2D eigenvalue weighted by molar-refractivity contribution is -0.119. The van der Waals surface area contributed by atoms with Crippen LogP contribution in [-0.4, -0.2) is 32.3 Å². The highest BCUT2D eigenvalue weighted by atomic mass is 32.2. The first kappa shape index (κ1) is 19.4. The van der Waals surface area contributed by atoms with E-state index in [1.54, 1.807) is 36.6 Å². The second kappa shape index (κ2) is 9.05. The molecule has 144 valence electrons. The summed E-state index contributed by atoms with van der Waals surface area (Å²) in [6.45, 7) is 6.09. The van der Waals surface area contributed by atoms with Crippen molar-refractivity contribution in [2.45, 2.75) is 18.6 Å². The summed E-state index contributed by atoms with van der Waals surface area (Å²) in [5.41, 5.74) is 6.07. The highest BCUT2D eigenvalue weighted by Gasteiger charge is 2.17. The SMILES string of the molecule is C=CCn1c(SCC(=O)NNC(=O)c2ccccc2)nnc1-c1ccoc1C. The van der Waals surface area contributed by atoms with Crippen LogP contribution < -0.4 is 10.9 Å². The summed E-state index contributed by atoms with van der Waals surface area (Å²) in [4.78, 5) is 24.0. The predicted octanol–water partition coefficient (Wildman–Crippen LogP) is 2.59. The van der Waals surface area contributed by atoms with E-state index in [0.717, 1.165) is 11.3 Å². The quantitative estimate of drug-likeness (QED) is 0.361.